The lowest BCUT2D eigenvalue weighted by Gasteiger charge is -1.88. The first-order chi connectivity index (χ1) is 4.13. The number of hydrogen-bond donors (Lipinski definition) is 1. The molecule has 0 aromatic heterocycles. The van der Waals surface area contributed by atoms with E-state index in [0.717, 1.165) is 0 Å². The molecule has 0 aliphatic heterocycles. The van der Waals surface area contributed by atoms with Crippen molar-refractivity contribution in [1.82, 2.24) is 0 Å². The quantitative estimate of drug-likeness (QED) is 0.488. The molecule has 0 aromatic carbocycles. The van der Waals surface area contributed by atoms with E-state index in [2.05, 4.69) is 0 Å². The summed E-state index contributed by atoms with van der Waals surface area (Å²) in [6, 6.07) is 0. The van der Waals surface area contributed by atoms with Crippen LogP contribution in [-0.2, 0) is 4.79 Å². The Balaban J connectivity index is 3.36. The Morgan fingerprint density at radius 3 is 2.78 bits per heavy atom. The van der Waals surface area contributed by atoms with Gasteiger partial charge >= 0.3 is 5.97 Å². The Hall–Kier alpha value is -0.500. The molecule has 1 N–H and O–H groups in total. The third-order valence-corrected chi connectivity index (χ3v) is 0.839. The van der Waals surface area contributed by atoms with Gasteiger partial charge in [-0.3, -0.25) is 4.79 Å². The van der Waals surface area contributed by atoms with Crippen molar-refractivity contribution in [3.8, 4) is 0 Å². The Labute approximate surface area is 59.1 Å². The van der Waals surface area contributed by atoms with Crippen LogP contribution >= 0.6 is 11.6 Å². The van der Waals surface area contributed by atoms with Gasteiger partial charge in [0.2, 0.25) is 0 Å². The number of carboxylic acids is 1. The maximum atomic E-state index is 9.89. The van der Waals surface area contributed by atoms with Gasteiger partial charge in [0.05, 0.1) is 6.42 Å². The molecule has 9 heavy (non-hydrogen) atoms. The summed E-state index contributed by atoms with van der Waals surface area (Å²) in [6.07, 6.45) is 3.24. The standard InChI is InChI=1S/C6H9ClO2/c1-5(7)3-2-4-6(8)9/h2-3,5H,4H2,1H3,(H,8,9)/b3-2+. The van der Waals surface area contributed by atoms with Gasteiger partial charge in [0.15, 0.2) is 0 Å². The predicted molar refractivity (Wildman–Crippen MR) is 36.7 cm³/mol. The van der Waals surface area contributed by atoms with E-state index < -0.39 is 5.97 Å². The Morgan fingerprint density at radius 1 is 1.89 bits per heavy atom. The first-order valence-electron chi connectivity index (χ1n) is 2.65. The van der Waals surface area contributed by atoms with Crippen LogP contribution in [-0.4, -0.2) is 16.5 Å². The van der Waals surface area contributed by atoms with E-state index >= 15 is 0 Å². The normalized spacial score (nSPS) is 14.0. The highest BCUT2D eigenvalue weighted by molar-refractivity contribution is 6.21. The second-order valence-corrected chi connectivity index (χ2v) is 2.39. The molecule has 2 nitrogen and oxygen atoms in total. The van der Waals surface area contributed by atoms with E-state index in [4.69, 9.17) is 16.7 Å². The van der Waals surface area contributed by atoms with E-state index in [0.29, 0.717) is 0 Å². The SMILES string of the molecule is CC(Cl)/C=C/CC(=O)O. The topological polar surface area (TPSA) is 37.3 Å². The van der Waals surface area contributed by atoms with Crippen molar-refractivity contribution in [2.45, 2.75) is 18.7 Å². The summed E-state index contributed by atoms with van der Waals surface area (Å²) >= 11 is 5.48. The molecule has 3 heteroatoms. The number of allylic oxidation sites excluding steroid dienone is 1. The van der Waals surface area contributed by atoms with Gasteiger partial charge in [0.25, 0.3) is 0 Å². The average molecular weight is 149 g/mol. The first-order valence-corrected chi connectivity index (χ1v) is 3.09. The molecule has 0 saturated carbocycles. The molecule has 0 radical (unpaired) electrons. The van der Waals surface area contributed by atoms with Crippen molar-refractivity contribution in [2.75, 3.05) is 0 Å². The molecule has 0 bridgehead atoms. The van der Waals surface area contributed by atoms with E-state index in [-0.39, 0.29) is 11.8 Å². The predicted octanol–water partition coefficient (Wildman–Crippen LogP) is 1.64. The van der Waals surface area contributed by atoms with Crippen LogP contribution in [0.4, 0.5) is 0 Å². The molecule has 0 rings (SSSR count). The highest BCUT2D eigenvalue weighted by Gasteiger charge is 1.90. The van der Waals surface area contributed by atoms with Gasteiger partial charge in [-0.05, 0) is 6.92 Å². The highest BCUT2D eigenvalue weighted by atomic mass is 35.5. The fourth-order valence-corrected chi connectivity index (χ4v) is 0.459. The van der Waals surface area contributed by atoms with Crippen LogP contribution in [0, 0.1) is 0 Å². The summed E-state index contributed by atoms with van der Waals surface area (Å²) < 4.78 is 0. The number of carbonyl (C=O) groups is 1. The zero-order valence-corrected chi connectivity index (χ0v) is 5.93. The van der Waals surface area contributed by atoms with E-state index in [1.54, 1.807) is 19.1 Å². The number of hydrogen-bond acceptors (Lipinski definition) is 1. The lowest BCUT2D eigenvalue weighted by molar-refractivity contribution is -0.136. The summed E-state index contributed by atoms with van der Waals surface area (Å²) in [7, 11) is 0. The summed E-state index contributed by atoms with van der Waals surface area (Å²) in [5, 5.41) is 8.05. The molecule has 0 aromatic rings. The van der Waals surface area contributed by atoms with Gasteiger partial charge < -0.3 is 5.11 Å². The largest absolute Gasteiger partial charge is 0.481 e. The Morgan fingerprint density at radius 2 is 2.44 bits per heavy atom. The van der Waals surface area contributed by atoms with Gasteiger partial charge in [-0.1, -0.05) is 12.2 Å². The van der Waals surface area contributed by atoms with Gasteiger partial charge in [-0.2, -0.15) is 0 Å². The molecule has 1 unspecified atom stereocenters. The van der Waals surface area contributed by atoms with Gasteiger partial charge in [0, 0.05) is 5.38 Å². The second kappa shape index (κ2) is 4.39. The number of alkyl halides is 1. The van der Waals surface area contributed by atoms with Gasteiger partial charge in [0.1, 0.15) is 0 Å². The van der Waals surface area contributed by atoms with E-state index in [9.17, 15) is 4.79 Å². The molecular weight excluding hydrogens is 140 g/mol. The minimum Gasteiger partial charge on any atom is -0.481 e. The van der Waals surface area contributed by atoms with E-state index in [1.165, 1.54) is 0 Å². The maximum Gasteiger partial charge on any atom is 0.307 e. The monoisotopic (exact) mass is 148 g/mol. The zero-order valence-electron chi connectivity index (χ0n) is 5.17. The van der Waals surface area contributed by atoms with Crippen LogP contribution in [0.2, 0.25) is 0 Å². The fraction of sp³-hybridized carbons (Fsp3) is 0.500. The number of rotatable bonds is 3. The van der Waals surface area contributed by atoms with Crippen molar-refractivity contribution in [1.29, 1.82) is 0 Å². The summed E-state index contributed by atoms with van der Waals surface area (Å²) in [4.78, 5) is 9.89. The van der Waals surface area contributed by atoms with Crippen LogP contribution in [0.15, 0.2) is 12.2 Å². The molecular formula is C6H9ClO2. The maximum absolute atomic E-state index is 9.89. The van der Waals surface area contributed by atoms with Crippen molar-refractivity contribution < 1.29 is 9.90 Å². The molecule has 0 fully saturated rings. The number of aliphatic carboxylic acids is 1. The van der Waals surface area contributed by atoms with Crippen molar-refractivity contribution in [3.63, 3.8) is 0 Å². The third-order valence-electron chi connectivity index (χ3n) is 0.694. The van der Waals surface area contributed by atoms with Gasteiger partial charge in [-0.25, -0.2) is 0 Å². The van der Waals surface area contributed by atoms with Crippen LogP contribution in [0.5, 0.6) is 0 Å². The first kappa shape index (κ1) is 8.50. The van der Waals surface area contributed by atoms with Crippen LogP contribution < -0.4 is 0 Å². The van der Waals surface area contributed by atoms with Crippen LogP contribution in [0.1, 0.15) is 13.3 Å². The molecule has 0 amide bonds. The average Bonchev–Trinajstić information content (AvgIpc) is 1.63. The molecule has 0 aliphatic rings. The number of halogens is 1. The smallest absolute Gasteiger partial charge is 0.307 e. The third kappa shape index (κ3) is 7.50. The van der Waals surface area contributed by atoms with Crippen molar-refractivity contribution in [2.24, 2.45) is 0 Å². The molecule has 0 spiro atoms. The lowest BCUT2D eigenvalue weighted by atomic mass is 10.3. The molecule has 0 heterocycles. The highest BCUT2D eigenvalue weighted by Crippen LogP contribution is 1.95. The Bertz CT molecular complexity index is 118. The zero-order chi connectivity index (χ0) is 7.28. The van der Waals surface area contributed by atoms with Crippen LogP contribution in [0.25, 0.3) is 0 Å². The van der Waals surface area contributed by atoms with E-state index in [1.807, 2.05) is 0 Å². The Kier molecular flexibility index (Phi) is 4.14. The van der Waals surface area contributed by atoms with Gasteiger partial charge in [-0.15, -0.1) is 11.6 Å². The minimum absolute atomic E-state index is 0.0526. The summed E-state index contributed by atoms with van der Waals surface area (Å²) in [5.74, 6) is -0.830. The van der Waals surface area contributed by atoms with Crippen molar-refractivity contribution in [3.05, 3.63) is 12.2 Å². The summed E-state index contributed by atoms with van der Waals surface area (Å²) in [6.45, 7) is 1.78. The fourth-order valence-electron chi connectivity index (χ4n) is 0.356. The molecule has 0 aliphatic carbocycles. The minimum atomic E-state index is -0.830. The molecule has 1 atom stereocenters. The van der Waals surface area contributed by atoms with Crippen molar-refractivity contribution >= 4 is 17.6 Å². The summed E-state index contributed by atoms with van der Waals surface area (Å²) in [5.41, 5.74) is 0. The molecule has 52 valence electrons. The second-order valence-electron chi connectivity index (χ2n) is 1.70. The van der Waals surface area contributed by atoms with Crippen LogP contribution in [0.3, 0.4) is 0 Å². The molecule has 0 saturated heterocycles. The number of carboxylic acid groups (broad SMARTS) is 1. The lowest BCUT2D eigenvalue weighted by Crippen LogP contribution is -1.91.